The Labute approximate surface area is 113 Å². The van der Waals surface area contributed by atoms with E-state index < -0.39 is 23.5 Å². The van der Waals surface area contributed by atoms with Gasteiger partial charge in [0.1, 0.15) is 0 Å². The maximum Gasteiger partial charge on any atom is 0.187 e. The molecule has 3 N–H and O–H groups in total. The molecule has 0 spiro atoms. The highest BCUT2D eigenvalue weighted by Gasteiger charge is 2.10. The van der Waals surface area contributed by atoms with Gasteiger partial charge in [-0.2, -0.15) is 11.3 Å². The monoisotopic (exact) mass is 285 g/mol. The molecule has 6 heteroatoms. The van der Waals surface area contributed by atoms with E-state index in [0.29, 0.717) is 5.56 Å². The van der Waals surface area contributed by atoms with Gasteiger partial charge in [-0.05, 0) is 40.1 Å². The summed E-state index contributed by atoms with van der Waals surface area (Å²) in [6.45, 7) is 0.482. The minimum atomic E-state index is -0.991. The Morgan fingerprint density at radius 1 is 1.26 bits per heavy atom. The third-order valence-electron chi connectivity index (χ3n) is 2.67. The van der Waals surface area contributed by atoms with Gasteiger partial charge in [-0.15, -0.1) is 0 Å². The molecule has 1 aromatic heterocycles. The minimum Gasteiger partial charge on any atom is -0.503 e. The van der Waals surface area contributed by atoms with Gasteiger partial charge in [-0.25, -0.2) is 8.78 Å². The van der Waals surface area contributed by atoms with Gasteiger partial charge < -0.3 is 15.5 Å². The third kappa shape index (κ3) is 3.50. The molecule has 0 aliphatic carbocycles. The fourth-order valence-electron chi connectivity index (χ4n) is 1.66. The topological polar surface area (TPSA) is 52.5 Å². The highest BCUT2D eigenvalue weighted by Crippen LogP contribution is 2.21. The van der Waals surface area contributed by atoms with E-state index in [1.807, 2.05) is 16.8 Å². The first-order valence-electron chi connectivity index (χ1n) is 5.65. The lowest BCUT2D eigenvalue weighted by atomic mass is 10.1. The van der Waals surface area contributed by atoms with Gasteiger partial charge in [0, 0.05) is 13.1 Å². The Balaban J connectivity index is 1.89. The van der Waals surface area contributed by atoms with Gasteiger partial charge in [-0.1, -0.05) is 0 Å². The molecule has 1 heterocycles. The Morgan fingerprint density at radius 3 is 2.53 bits per heavy atom. The predicted octanol–water partition coefficient (Wildman–Crippen LogP) is 2.56. The van der Waals surface area contributed by atoms with Crippen molar-refractivity contribution < 1.29 is 19.0 Å². The fourth-order valence-corrected chi connectivity index (χ4v) is 2.36. The van der Waals surface area contributed by atoms with Gasteiger partial charge in [0.2, 0.25) is 0 Å². The summed E-state index contributed by atoms with van der Waals surface area (Å²) in [6.07, 6.45) is -0.655. The molecule has 0 aliphatic heterocycles. The predicted molar refractivity (Wildman–Crippen MR) is 69.0 cm³/mol. The Morgan fingerprint density at radius 2 is 1.95 bits per heavy atom. The highest BCUT2D eigenvalue weighted by molar-refractivity contribution is 7.07. The van der Waals surface area contributed by atoms with E-state index in [-0.39, 0.29) is 13.1 Å². The quantitative estimate of drug-likeness (QED) is 0.791. The van der Waals surface area contributed by atoms with E-state index in [0.717, 1.165) is 17.7 Å². The van der Waals surface area contributed by atoms with E-state index in [2.05, 4.69) is 5.32 Å². The molecule has 1 unspecified atom stereocenters. The summed E-state index contributed by atoms with van der Waals surface area (Å²) < 4.78 is 26.2. The molecule has 0 aliphatic rings. The average molecular weight is 285 g/mol. The highest BCUT2D eigenvalue weighted by atomic mass is 32.1. The summed E-state index contributed by atoms with van der Waals surface area (Å²) >= 11 is 1.49. The van der Waals surface area contributed by atoms with Crippen LogP contribution in [0.25, 0.3) is 0 Å². The maximum atomic E-state index is 13.1. The second-order valence-corrected chi connectivity index (χ2v) is 4.89. The van der Waals surface area contributed by atoms with Gasteiger partial charge in [-0.3, -0.25) is 0 Å². The molecule has 102 valence electrons. The summed E-state index contributed by atoms with van der Waals surface area (Å²) in [4.78, 5) is 0. The number of thiophene rings is 1. The van der Waals surface area contributed by atoms with Crippen LogP contribution in [0.1, 0.15) is 17.2 Å². The molecule has 2 rings (SSSR count). The molecule has 0 fully saturated rings. The maximum absolute atomic E-state index is 13.1. The second kappa shape index (κ2) is 6.10. The van der Waals surface area contributed by atoms with Crippen molar-refractivity contribution >= 4 is 11.3 Å². The minimum absolute atomic E-state index is 0.204. The molecular formula is C13H13F2NO2S. The number of phenolic OH excluding ortho intramolecular Hbond substituents is 1. The first-order chi connectivity index (χ1) is 9.08. The lowest BCUT2D eigenvalue weighted by molar-refractivity contribution is 0.175. The van der Waals surface area contributed by atoms with Crippen molar-refractivity contribution in [2.45, 2.75) is 12.6 Å². The zero-order valence-corrected chi connectivity index (χ0v) is 10.8. The average Bonchev–Trinajstić information content (AvgIpc) is 2.89. The van der Waals surface area contributed by atoms with Crippen molar-refractivity contribution in [2.75, 3.05) is 6.54 Å². The molecule has 0 amide bonds. The molecule has 0 saturated carbocycles. The van der Waals surface area contributed by atoms with Crippen molar-refractivity contribution in [3.8, 4) is 5.75 Å². The zero-order chi connectivity index (χ0) is 13.8. The van der Waals surface area contributed by atoms with E-state index in [1.54, 1.807) is 0 Å². The first-order valence-corrected chi connectivity index (χ1v) is 6.60. The molecule has 3 nitrogen and oxygen atoms in total. The van der Waals surface area contributed by atoms with Crippen molar-refractivity contribution in [1.29, 1.82) is 0 Å². The number of aromatic hydroxyl groups is 1. The lowest BCUT2D eigenvalue weighted by Crippen LogP contribution is -2.20. The fraction of sp³-hybridized carbons (Fsp3) is 0.231. The molecule has 0 saturated heterocycles. The summed E-state index contributed by atoms with van der Waals surface area (Å²) in [6, 6.07) is 3.93. The summed E-state index contributed by atoms with van der Waals surface area (Å²) in [5.41, 5.74) is 1.17. The third-order valence-corrected chi connectivity index (χ3v) is 3.37. The molecule has 1 aromatic carbocycles. The van der Waals surface area contributed by atoms with Crippen LogP contribution in [0.5, 0.6) is 5.75 Å². The lowest BCUT2D eigenvalue weighted by Gasteiger charge is -2.11. The smallest absolute Gasteiger partial charge is 0.187 e. The summed E-state index contributed by atoms with van der Waals surface area (Å²) in [7, 11) is 0. The Bertz CT molecular complexity index is 523. The van der Waals surface area contributed by atoms with E-state index in [9.17, 15) is 13.9 Å². The largest absolute Gasteiger partial charge is 0.503 e. The van der Waals surface area contributed by atoms with Gasteiger partial charge in [0.15, 0.2) is 17.4 Å². The van der Waals surface area contributed by atoms with Crippen LogP contribution >= 0.6 is 11.3 Å². The molecule has 1 atom stereocenters. The van der Waals surface area contributed by atoms with Crippen molar-refractivity contribution in [3.63, 3.8) is 0 Å². The second-order valence-electron chi connectivity index (χ2n) is 4.11. The van der Waals surface area contributed by atoms with Crippen LogP contribution in [0.4, 0.5) is 8.78 Å². The first kappa shape index (κ1) is 13.9. The van der Waals surface area contributed by atoms with E-state index in [4.69, 9.17) is 5.11 Å². The number of hydrogen-bond acceptors (Lipinski definition) is 4. The number of benzene rings is 1. The number of halogens is 2. The van der Waals surface area contributed by atoms with Crippen molar-refractivity contribution in [1.82, 2.24) is 5.32 Å². The SMILES string of the molecule is Oc1c(F)cc(CNCC(O)c2ccsc2)cc1F. The normalized spacial score (nSPS) is 12.6. The number of hydrogen-bond donors (Lipinski definition) is 3. The number of aliphatic hydroxyl groups is 1. The van der Waals surface area contributed by atoms with Gasteiger partial charge >= 0.3 is 0 Å². The Hall–Kier alpha value is -1.50. The van der Waals surface area contributed by atoms with Crippen molar-refractivity contribution in [2.24, 2.45) is 0 Å². The number of aliphatic hydroxyl groups excluding tert-OH is 1. The molecule has 19 heavy (non-hydrogen) atoms. The van der Waals surface area contributed by atoms with Crippen LogP contribution in [0.2, 0.25) is 0 Å². The molecule has 0 radical (unpaired) electrons. The summed E-state index contributed by atoms with van der Waals surface area (Å²) in [5, 5.41) is 25.4. The van der Waals surface area contributed by atoms with Gasteiger partial charge in [0.05, 0.1) is 6.10 Å². The number of rotatable bonds is 5. The van der Waals surface area contributed by atoms with E-state index in [1.165, 1.54) is 11.3 Å². The van der Waals surface area contributed by atoms with Crippen LogP contribution in [-0.4, -0.2) is 16.8 Å². The summed E-state index contributed by atoms with van der Waals surface area (Å²) in [5.74, 6) is -2.95. The van der Waals surface area contributed by atoms with Gasteiger partial charge in [0.25, 0.3) is 0 Å². The van der Waals surface area contributed by atoms with E-state index >= 15 is 0 Å². The number of phenols is 1. The van der Waals surface area contributed by atoms with Crippen LogP contribution in [0, 0.1) is 11.6 Å². The molecular weight excluding hydrogens is 272 g/mol. The van der Waals surface area contributed by atoms with Crippen LogP contribution in [-0.2, 0) is 6.54 Å². The van der Waals surface area contributed by atoms with Crippen molar-refractivity contribution in [3.05, 3.63) is 51.7 Å². The molecule has 0 bridgehead atoms. The number of nitrogens with one attached hydrogen (secondary N) is 1. The van der Waals surface area contributed by atoms with Crippen LogP contribution in [0.3, 0.4) is 0 Å². The Kier molecular flexibility index (Phi) is 4.47. The van der Waals surface area contributed by atoms with Crippen LogP contribution in [0.15, 0.2) is 29.0 Å². The van der Waals surface area contributed by atoms with Crippen LogP contribution < -0.4 is 5.32 Å². The molecule has 2 aromatic rings. The zero-order valence-electron chi connectivity index (χ0n) is 9.94. The standard InChI is InChI=1S/C13H13F2NO2S/c14-10-3-8(4-11(15)13(10)18)5-16-6-12(17)9-1-2-19-7-9/h1-4,7,12,16-18H,5-6H2.